The Balaban J connectivity index is 1.75. The second-order valence-corrected chi connectivity index (χ2v) is 7.83. The molecule has 0 saturated heterocycles. The maximum atomic E-state index is 13.1. The monoisotopic (exact) mass is 412 g/mol. The molecule has 1 amide bonds. The number of furan rings is 1. The van der Waals surface area contributed by atoms with E-state index in [1.165, 1.54) is 23.9 Å². The van der Waals surface area contributed by atoms with E-state index in [9.17, 15) is 20.0 Å². The minimum Gasteiger partial charge on any atom is -0.508 e. The van der Waals surface area contributed by atoms with Crippen molar-refractivity contribution in [3.8, 4) is 5.75 Å². The van der Waals surface area contributed by atoms with Crippen molar-refractivity contribution in [1.29, 1.82) is 0 Å². The first kappa shape index (κ1) is 20.5. The van der Waals surface area contributed by atoms with Gasteiger partial charge in [0.2, 0.25) is 5.91 Å². The van der Waals surface area contributed by atoms with Crippen molar-refractivity contribution in [2.75, 3.05) is 0 Å². The van der Waals surface area contributed by atoms with Crippen molar-refractivity contribution in [2.45, 2.75) is 30.2 Å². The molecule has 0 bridgehead atoms. The lowest BCUT2D eigenvalue weighted by Gasteiger charge is -2.25. The highest BCUT2D eigenvalue weighted by molar-refractivity contribution is 8.00. The number of hydrogen-bond acceptors (Lipinski definition) is 6. The topological polar surface area (TPSA) is 96.8 Å². The fraction of sp³-hybridized carbons (Fsp3) is 0.190. The summed E-state index contributed by atoms with van der Waals surface area (Å²) in [4.78, 5) is 25.9. The number of rotatable bonds is 8. The van der Waals surface area contributed by atoms with Crippen LogP contribution in [0.3, 0.4) is 0 Å². The molecule has 1 heterocycles. The number of carbonyl (C=O) groups excluding carboxylic acids is 1. The molecular weight excluding hydrogens is 392 g/mol. The Hall–Kier alpha value is -3.26. The number of phenolic OH excluding ortho intramolecular Hbond substituents is 1. The molecule has 29 heavy (non-hydrogen) atoms. The molecular formula is C21H20N2O5S. The second kappa shape index (κ2) is 9.29. The minimum absolute atomic E-state index is 0.00679. The Morgan fingerprint density at radius 3 is 2.48 bits per heavy atom. The van der Waals surface area contributed by atoms with Crippen LogP contribution in [0.2, 0.25) is 0 Å². The first-order valence-corrected chi connectivity index (χ1v) is 9.81. The largest absolute Gasteiger partial charge is 0.508 e. The number of nitrogens with zero attached hydrogens (tertiary/aromatic N) is 2. The van der Waals surface area contributed by atoms with Gasteiger partial charge >= 0.3 is 0 Å². The number of nitro benzene ring substituents is 1. The summed E-state index contributed by atoms with van der Waals surface area (Å²) in [6, 6.07) is 16.5. The van der Waals surface area contributed by atoms with Crippen LogP contribution in [0.4, 0.5) is 5.69 Å². The number of amides is 1. The lowest BCUT2D eigenvalue weighted by atomic mass is 10.1. The zero-order valence-corrected chi connectivity index (χ0v) is 16.5. The molecule has 2 aromatic carbocycles. The van der Waals surface area contributed by atoms with Crippen LogP contribution in [0, 0.1) is 10.1 Å². The highest BCUT2D eigenvalue weighted by atomic mass is 32.2. The number of aromatic hydroxyl groups is 1. The third-order valence-corrected chi connectivity index (χ3v) is 5.40. The molecule has 0 aliphatic rings. The van der Waals surface area contributed by atoms with Gasteiger partial charge in [0, 0.05) is 29.1 Å². The number of non-ortho nitro benzene ring substituents is 1. The zero-order chi connectivity index (χ0) is 20.8. The van der Waals surface area contributed by atoms with Crippen LogP contribution in [0.1, 0.15) is 18.2 Å². The van der Waals surface area contributed by atoms with E-state index in [2.05, 4.69) is 0 Å². The summed E-state index contributed by atoms with van der Waals surface area (Å²) < 4.78 is 5.39. The standard InChI is InChI=1S/C21H20N2O5S/c1-15(29-19-10-8-17(9-11-19)23(26)27)21(25)22(14-18-6-4-12-28-18)13-16-5-2-3-7-20(16)24/h2-12,15,24H,13-14H2,1H3. The van der Waals surface area contributed by atoms with Gasteiger partial charge in [-0.05, 0) is 37.3 Å². The van der Waals surface area contributed by atoms with Crippen LogP contribution in [0.15, 0.2) is 76.2 Å². The predicted octanol–water partition coefficient (Wildman–Crippen LogP) is 4.60. The summed E-state index contributed by atoms with van der Waals surface area (Å²) in [5.74, 6) is 0.634. The molecule has 1 aromatic heterocycles. The first-order chi connectivity index (χ1) is 13.9. The van der Waals surface area contributed by atoms with Gasteiger partial charge < -0.3 is 14.4 Å². The Morgan fingerprint density at radius 1 is 1.14 bits per heavy atom. The Bertz CT molecular complexity index is 973. The van der Waals surface area contributed by atoms with E-state index >= 15 is 0 Å². The van der Waals surface area contributed by atoms with Gasteiger partial charge in [-0.15, -0.1) is 11.8 Å². The van der Waals surface area contributed by atoms with Crippen LogP contribution < -0.4 is 0 Å². The summed E-state index contributed by atoms with van der Waals surface area (Å²) in [7, 11) is 0. The van der Waals surface area contributed by atoms with E-state index in [0.29, 0.717) is 11.3 Å². The number of benzene rings is 2. The highest BCUT2D eigenvalue weighted by Crippen LogP contribution is 2.28. The summed E-state index contributed by atoms with van der Waals surface area (Å²) >= 11 is 1.32. The van der Waals surface area contributed by atoms with Gasteiger partial charge in [-0.2, -0.15) is 0 Å². The van der Waals surface area contributed by atoms with E-state index in [1.807, 2.05) is 0 Å². The molecule has 1 atom stereocenters. The molecule has 0 saturated carbocycles. The van der Waals surface area contributed by atoms with Gasteiger partial charge in [-0.3, -0.25) is 14.9 Å². The SMILES string of the molecule is CC(Sc1ccc([N+](=O)[O-])cc1)C(=O)N(Cc1ccco1)Cc1ccccc1O. The lowest BCUT2D eigenvalue weighted by molar-refractivity contribution is -0.384. The number of para-hydroxylation sites is 1. The number of thioether (sulfide) groups is 1. The fourth-order valence-corrected chi connectivity index (χ4v) is 3.76. The molecule has 8 heteroatoms. The summed E-state index contributed by atoms with van der Waals surface area (Å²) in [5, 5.41) is 20.5. The van der Waals surface area contributed by atoms with Crippen molar-refractivity contribution < 1.29 is 19.2 Å². The summed E-state index contributed by atoms with van der Waals surface area (Å²) in [6.07, 6.45) is 1.55. The third-order valence-electron chi connectivity index (χ3n) is 4.30. The highest BCUT2D eigenvalue weighted by Gasteiger charge is 2.24. The average molecular weight is 412 g/mol. The van der Waals surface area contributed by atoms with E-state index in [-0.39, 0.29) is 30.4 Å². The average Bonchev–Trinajstić information content (AvgIpc) is 3.22. The van der Waals surface area contributed by atoms with Crippen LogP contribution in [0.5, 0.6) is 5.75 Å². The van der Waals surface area contributed by atoms with Crippen LogP contribution >= 0.6 is 11.8 Å². The van der Waals surface area contributed by atoms with Crippen molar-refractivity contribution in [3.05, 3.63) is 88.4 Å². The molecule has 1 unspecified atom stereocenters. The Labute approximate surface area is 172 Å². The zero-order valence-electron chi connectivity index (χ0n) is 15.7. The maximum Gasteiger partial charge on any atom is 0.269 e. The molecule has 3 rings (SSSR count). The molecule has 3 aromatic rings. The smallest absolute Gasteiger partial charge is 0.269 e. The van der Waals surface area contributed by atoms with Crippen molar-refractivity contribution in [1.82, 2.24) is 4.90 Å². The molecule has 7 nitrogen and oxygen atoms in total. The normalized spacial score (nSPS) is 11.8. The lowest BCUT2D eigenvalue weighted by Crippen LogP contribution is -2.35. The van der Waals surface area contributed by atoms with Crippen molar-refractivity contribution >= 4 is 23.4 Å². The van der Waals surface area contributed by atoms with E-state index in [4.69, 9.17) is 4.42 Å². The molecule has 0 radical (unpaired) electrons. The number of hydrogen-bond donors (Lipinski definition) is 1. The Morgan fingerprint density at radius 2 is 1.86 bits per heavy atom. The van der Waals surface area contributed by atoms with Crippen LogP contribution in [-0.4, -0.2) is 26.1 Å². The molecule has 0 fully saturated rings. The summed E-state index contributed by atoms with van der Waals surface area (Å²) in [5.41, 5.74) is 0.646. The first-order valence-electron chi connectivity index (χ1n) is 8.93. The van der Waals surface area contributed by atoms with Crippen molar-refractivity contribution in [3.63, 3.8) is 0 Å². The van der Waals surface area contributed by atoms with E-state index in [0.717, 1.165) is 4.90 Å². The maximum absolute atomic E-state index is 13.1. The predicted molar refractivity (Wildman–Crippen MR) is 109 cm³/mol. The van der Waals surface area contributed by atoms with E-state index < -0.39 is 10.2 Å². The van der Waals surface area contributed by atoms with Gasteiger partial charge in [-0.25, -0.2) is 0 Å². The molecule has 1 N–H and O–H groups in total. The summed E-state index contributed by atoms with van der Waals surface area (Å²) in [6.45, 7) is 2.29. The minimum atomic E-state index is -0.458. The van der Waals surface area contributed by atoms with Gasteiger partial charge in [0.15, 0.2) is 0 Å². The van der Waals surface area contributed by atoms with Gasteiger partial charge in [0.25, 0.3) is 5.69 Å². The quantitative estimate of drug-likeness (QED) is 0.330. The van der Waals surface area contributed by atoms with Crippen molar-refractivity contribution in [2.24, 2.45) is 0 Å². The number of carbonyl (C=O) groups is 1. The number of nitro groups is 1. The fourth-order valence-electron chi connectivity index (χ4n) is 2.81. The molecule has 0 aliphatic carbocycles. The van der Waals surface area contributed by atoms with Crippen LogP contribution in [0.25, 0.3) is 0 Å². The van der Waals surface area contributed by atoms with Gasteiger partial charge in [0.1, 0.15) is 11.5 Å². The molecule has 0 aliphatic heterocycles. The van der Waals surface area contributed by atoms with Gasteiger partial charge in [0.05, 0.1) is 23.0 Å². The Kier molecular flexibility index (Phi) is 6.56. The van der Waals surface area contributed by atoms with Gasteiger partial charge in [-0.1, -0.05) is 18.2 Å². The third kappa shape index (κ3) is 5.39. The van der Waals surface area contributed by atoms with Crippen LogP contribution in [-0.2, 0) is 17.9 Å². The van der Waals surface area contributed by atoms with E-state index in [1.54, 1.807) is 66.6 Å². The molecule has 150 valence electrons. The second-order valence-electron chi connectivity index (χ2n) is 6.41. The molecule has 0 spiro atoms. The number of phenols is 1.